The van der Waals surface area contributed by atoms with Crippen molar-refractivity contribution < 1.29 is 9.59 Å². The largest absolute Gasteiger partial charge is 0.341 e. The van der Waals surface area contributed by atoms with Gasteiger partial charge in [0.1, 0.15) is 0 Å². The summed E-state index contributed by atoms with van der Waals surface area (Å²) in [5.74, 6) is 0.539. The van der Waals surface area contributed by atoms with Gasteiger partial charge >= 0.3 is 6.03 Å². The van der Waals surface area contributed by atoms with Crippen LogP contribution in [0.15, 0.2) is 24.3 Å². The number of rotatable bonds is 3. The second-order valence-corrected chi connectivity index (χ2v) is 7.02. The zero-order chi connectivity index (χ0) is 17.1. The number of carbonyl (C=O) groups excluding carboxylic acids is 2. The molecule has 3 rings (SSSR count). The SMILES string of the molecule is Cc1ccc([C@@H](C)NC(=O)N2CCCN(C(=O)C3CC3)CC2)cc1. The van der Waals surface area contributed by atoms with Gasteiger partial charge in [0.2, 0.25) is 5.91 Å². The molecular weight excluding hydrogens is 302 g/mol. The second-order valence-electron chi connectivity index (χ2n) is 7.02. The summed E-state index contributed by atoms with van der Waals surface area (Å²) < 4.78 is 0. The average molecular weight is 329 g/mol. The van der Waals surface area contributed by atoms with Crippen LogP contribution in [0.25, 0.3) is 0 Å². The minimum absolute atomic E-state index is 0.0226. The molecule has 3 amide bonds. The van der Waals surface area contributed by atoms with Crippen LogP contribution < -0.4 is 5.32 Å². The lowest BCUT2D eigenvalue weighted by molar-refractivity contribution is -0.132. The Morgan fingerprint density at radius 2 is 1.67 bits per heavy atom. The number of nitrogens with one attached hydrogen (secondary N) is 1. The van der Waals surface area contributed by atoms with Gasteiger partial charge < -0.3 is 15.1 Å². The molecule has 2 aliphatic rings. The van der Waals surface area contributed by atoms with Crippen molar-refractivity contribution in [1.29, 1.82) is 0 Å². The minimum atomic E-state index is -0.0382. The van der Waals surface area contributed by atoms with Crippen LogP contribution in [0.4, 0.5) is 4.79 Å². The highest BCUT2D eigenvalue weighted by Gasteiger charge is 2.34. The number of aryl methyl sites for hydroxylation is 1. The Bertz CT molecular complexity index is 595. The zero-order valence-electron chi connectivity index (χ0n) is 14.6. The van der Waals surface area contributed by atoms with E-state index in [4.69, 9.17) is 0 Å². The molecule has 2 fully saturated rings. The molecule has 0 radical (unpaired) electrons. The third-order valence-corrected chi connectivity index (χ3v) is 4.94. The average Bonchev–Trinajstić information content (AvgIpc) is 3.41. The summed E-state index contributed by atoms with van der Waals surface area (Å²) in [5, 5.41) is 3.08. The summed E-state index contributed by atoms with van der Waals surface area (Å²) in [7, 11) is 0. The van der Waals surface area contributed by atoms with E-state index in [1.54, 1.807) is 0 Å². The van der Waals surface area contributed by atoms with Crippen LogP contribution in [0.2, 0.25) is 0 Å². The molecule has 5 heteroatoms. The Hall–Kier alpha value is -2.04. The van der Waals surface area contributed by atoms with E-state index in [0.29, 0.717) is 19.6 Å². The number of nitrogens with zero attached hydrogens (tertiary/aromatic N) is 2. The first kappa shape index (κ1) is 16.8. The van der Waals surface area contributed by atoms with Crippen LogP contribution in [0.3, 0.4) is 0 Å². The fourth-order valence-corrected chi connectivity index (χ4v) is 3.14. The van der Waals surface area contributed by atoms with E-state index in [1.165, 1.54) is 5.56 Å². The summed E-state index contributed by atoms with van der Waals surface area (Å²) in [5.41, 5.74) is 2.32. The van der Waals surface area contributed by atoms with E-state index in [0.717, 1.165) is 31.4 Å². The van der Waals surface area contributed by atoms with Crippen molar-refractivity contribution in [1.82, 2.24) is 15.1 Å². The second kappa shape index (κ2) is 7.24. The van der Waals surface area contributed by atoms with Gasteiger partial charge in [-0.3, -0.25) is 4.79 Å². The molecule has 1 saturated carbocycles. The topological polar surface area (TPSA) is 52.7 Å². The highest BCUT2D eigenvalue weighted by molar-refractivity contribution is 5.81. The lowest BCUT2D eigenvalue weighted by atomic mass is 10.1. The number of hydrogen-bond donors (Lipinski definition) is 1. The summed E-state index contributed by atoms with van der Waals surface area (Å²) in [6.45, 7) is 6.81. The molecule has 0 spiro atoms. The first-order chi connectivity index (χ1) is 11.5. The molecular formula is C19H27N3O2. The Kier molecular flexibility index (Phi) is 5.07. The van der Waals surface area contributed by atoms with E-state index in [9.17, 15) is 9.59 Å². The highest BCUT2D eigenvalue weighted by Crippen LogP contribution is 2.31. The number of benzene rings is 1. The summed E-state index contributed by atoms with van der Waals surface area (Å²) >= 11 is 0. The van der Waals surface area contributed by atoms with Gasteiger partial charge in [-0.15, -0.1) is 0 Å². The molecule has 0 aromatic heterocycles. The maximum atomic E-state index is 12.5. The molecule has 1 aromatic rings. The van der Waals surface area contributed by atoms with Crippen LogP contribution in [0, 0.1) is 12.8 Å². The Labute approximate surface area is 144 Å². The van der Waals surface area contributed by atoms with Gasteiger partial charge in [0.25, 0.3) is 0 Å². The molecule has 0 unspecified atom stereocenters. The van der Waals surface area contributed by atoms with Crippen molar-refractivity contribution in [2.75, 3.05) is 26.2 Å². The molecule has 24 heavy (non-hydrogen) atoms. The molecule has 1 heterocycles. The van der Waals surface area contributed by atoms with E-state index in [1.807, 2.05) is 16.7 Å². The van der Waals surface area contributed by atoms with E-state index >= 15 is 0 Å². The van der Waals surface area contributed by atoms with Gasteiger partial charge in [0.15, 0.2) is 0 Å². The van der Waals surface area contributed by atoms with Crippen LogP contribution in [0.1, 0.15) is 43.4 Å². The van der Waals surface area contributed by atoms with E-state index in [-0.39, 0.29) is 23.9 Å². The van der Waals surface area contributed by atoms with Crippen molar-refractivity contribution in [3.63, 3.8) is 0 Å². The van der Waals surface area contributed by atoms with Crippen molar-refractivity contribution in [3.8, 4) is 0 Å². The van der Waals surface area contributed by atoms with Crippen LogP contribution in [-0.4, -0.2) is 47.9 Å². The lowest BCUT2D eigenvalue weighted by Gasteiger charge is -2.24. The Balaban J connectivity index is 1.53. The van der Waals surface area contributed by atoms with Gasteiger partial charge in [-0.25, -0.2) is 4.79 Å². The molecule has 0 bridgehead atoms. The fourth-order valence-electron chi connectivity index (χ4n) is 3.14. The fraction of sp³-hybridized carbons (Fsp3) is 0.579. The zero-order valence-corrected chi connectivity index (χ0v) is 14.6. The smallest absolute Gasteiger partial charge is 0.317 e. The molecule has 1 saturated heterocycles. The normalized spacial score (nSPS) is 19.6. The van der Waals surface area contributed by atoms with Crippen molar-refractivity contribution >= 4 is 11.9 Å². The maximum Gasteiger partial charge on any atom is 0.317 e. The van der Waals surface area contributed by atoms with Gasteiger partial charge in [-0.05, 0) is 38.7 Å². The Morgan fingerprint density at radius 3 is 2.33 bits per heavy atom. The van der Waals surface area contributed by atoms with Crippen molar-refractivity contribution in [2.45, 2.75) is 39.2 Å². The van der Waals surface area contributed by atoms with Crippen molar-refractivity contribution in [3.05, 3.63) is 35.4 Å². The van der Waals surface area contributed by atoms with E-state index < -0.39 is 0 Å². The molecule has 130 valence electrons. The number of urea groups is 1. The van der Waals surface area contributed by atoms with Gasteiger partial charge in [0, 0.05) is 32.1 Å². The van der Waals surface area contributed by atoms with Gasteiger partial charge in [-0.2, -0.15) is 0 Å². The maximum absolute atomic E-state index is 12.5. The van der Waals surface area contributed by atoms with Gasteiger partial charge in [0.05, 0.1) is 6.04 Å². The number of carbonyl (C=O) groups is 2. The highest BCUT2D eigenvalue weighted by atomic mass is 16.2. The first-order valence-electron chi connectivity index (χ1n) is 8.95. The van der Waals surface area contributed by atoms with E-state index in [2.05, 4.69) is 36.5 Å². The predicted octanol–water partition coefficient (Wildman–Crippen LogP) is 2.71. The first-order valence-corrected chi connectivity index (χ1v) is 8.95. The number of hydrogen-bond acceptors (Lipinski definition) is 2. The molecule has 1 N–H and O–H groups in total. The van der Waals surface area contributed by atoms with Gasteiger partial charge in [-0.1, -0.05) is 29.8 Å². The molecule has 5 nitrogen and oxygen atoms in total. The van der Waals surface area contributed by atoms with Crippen LogP contribution in [0.5, 0.6) is 0 Å². The standard InChI is InChI=1S/C19H27N3O2/c1-14-4-6-16(7-5-14)15(2)20-19(24)22-11-3-10-21(12-13-22)18(23)17-8-9-17/h4-7,15,17H,3,8-13H2,1-2H3,(H,20,24)/t15-/m1/s1. The molecule has 1 aliphatic heterocycles. The summed E-state index contributed by atoms with van der Waals surface area (Å²) in [6.07, 6.45) is 2.92. The number of amides is 3. The third kappa shape index (κ3) is 4.08. The molecule has 1 atom stereocenters. The minimum Gasteiger partial charge on any atom is -0.341 e. The summed E-state index contributed by atoms with van der Waals surface area (Å²) in [6, 6.07) is 8.17. The predicted molar refractivity (Wildman–Crippen MR) is 93.6 cm³/mol. The van der Waals surface area contributed by atoms with Crippen LogP contribution in [-0.2, 0) is 4.79 Å². The monoisotopic (exact) mass is 329 g/mol. The summed E-state index contributed by atoms with van der Waals surface area (Å²) in [4.78, 5) is 28.5. The molecule has 1 aromatic carbocycles. The lowest BCUT2D eigenvalue weighted by Crippen LogP contribution is -2.43. The quantitative estimate of drug-likeness (QED) is 0.927. The van der Waals surface area contributed by atoms with Crippen molar-refractivity contribution in [2.24, 2.45) is 5.92 Å². The molecule has 1 aliphatic carbocycles. The van der Waals surface area contributed by atoms with Crippen LogP contribution >= 0.6 is 0 Å². The Morgan fingerprint density at radius 1 is 1.04 bits per heavy atom. The third-order valence-electron chi connectivity index (χ3n) is 4.94.